The zero-order valence-electron chi connectivity index (χ0n) is 14.0. The van der Waals surface area contributed by atoms with Crippen LogP contribution in [0.2, 0.25) is 5.02 Å². The lowest BCUT2D eigenvalue weighted by Crippen LogP contribution is -2.13. The van der Waals surface area contributed by atoms with E-state index in [1.54, 1.807) is 37.5 Å². The number of amides is 1. The summed E-state index contributed by atoms with van der Waals surface area (Å²) in [5.41, 5.74) is 2.33. The number of aryl methyl sites for hydroxylation is 1. The third kappa shape index (κ3) is 3.95. The van der Waals surface area contributed by atoms with E-state index < -0.39 is 15.7 Å². The molecule has 0 aliphatic carbocycles. The van der Waals surface area contributed by atoms with E-state index in [9.17, 15) is 13.2 Å². The van der Waals surface area contributed by atoms with Gasteiger partial charge in [-0.05, 0) is 30.3 Å². The van der Waals surface area contributed by atoms with E-state index in [2.05, 4.69) is 10.3 Å². The normalized spacial score (nSPS) is 11.3. The summed E-state index contributed by atoms with van der Waals surface area (Å²) >= 11 is 6.06. The van der Waals surface area contributed by atoms with Crippen molar-refractivity contribution in [3.63, 3.8) is 0 Å². The topological polar surface area (TPSA) is 89.3 Å². The fourth-order valence-corrected chi connectivity index (χ4v) is 3.31. The molecular formula is C18H15ClN2O4S. The van der Waals surface area contributed by atoms with Gasteiger partial charge in [0.15, 0.2) is 15.7 Å². The molecule has 0 bridgehead atoms. The quantitative estimate of drug-likeness (QED) is 0.728. The van der Waals surface area contributed by atoms with Gasteiger partial charge in [0.25, 0.3) is 5.91 Å². The van der Waals surface area contributed by atoms with Crippen LogP contribution >= 0.6 is 11.6 Å². The Hall–Kier alpha value is -2.64. The molecule has 0 unspecified atom stereocenters. The zero-order chi connectivity index (χ0) is 18.9. The third-order valence-electron chi connectivity index (χ3n) is 3.67. The monoisotopic (exact) mass is 390 g/mol. The minimum Gasteiger partial charge on any atom is -0.449 e. The molecule has 1 aromatic heterocycles. The Balaban J connectivity index is 1.78. The lowest BCUT2D eigenvalue weighted by atomic mass is 10.1. The molecule has 3 aromatic rings. The first-order chi connectivity index (χ1) is 12.2. The number of oxazole rings is 1. The molecule has 0 radical (unpaired) electrons. The average molecular weight is 391 g/mol. The third-order valence-corrected chi connectivity index (χ3v) is 5.09. The number of nitrogens with one attached hydrogen (secondary N) is 1. The Kier molecular flexibility index (Phi) is 4.84. The van der Waals surface area contributed by atoms with Gasteiger partial charge in [-0.1, -0.05) is 23.7 Å². The van der Waals surface area contributed by atoms with Crippen LogP contribution in [0.5, 0.6) is 0 Å². The van der Waals surface area contributed by atoms with Crippen molar-refractivity contribution >= 4 is 33.0 Å². The van der Waals surface area contributed by atoms with E-state index in [0.717, 1.165) is 11.8 Å². The van der Waals surface area contributed by atoms with Crippen LogP contribution in [0.15, 0.2) is 58.0 Å². The highest BCUT2D eigenvalue weighted by atomic mass is 35.5. The van der Waals surface area contributed by atoms with Crippen LogP contribution in [0.1, 0.15) is 16.2 Å². The van der Waals surface area contributed by atoms with Crippen molar-refractivity contribution in [2.24, 2.45) is 0 Å². The number of rotatable bonds is 4. The highest BCUT2D eigenvalue weighted by molar-refractivity contribution is 7.90. The first-order valence-electron chi connectivity index (χ1n) is 7.57. The molecule has 2 aromatic carbocycles. The summed E-state index contributed by atoms with van der Waals surface area (Å²) < 4.78 is 28.3. The fraction of sp³-hybridized carbons (Fsp3) is 0.111. The minimum atomic E-state index is -3.39. The summed E-state index contributed by atoms with van der Waals surface area (Å²) in [7, 11) is -3.39. The Morgan fingerprint density at radius 3 is 2.38 bits per heavy atom. The van der Waals surface area contributed by atoms with Gasteiger partial charge in [-0.25, -0.2) is 13.4 Å². The first kappa shape index (κ1) is 18.2. The molecule has 0 atom stereocenters. The maximum Gasteiger partial charge on any atom is 0.257 e. The van der Waals surface area contributed by atoms with E-state index >= 15 is 0 Å². The molecule has 3 rings (SSSR count). The Morgan fingerprint density at radius 2 is 1.85 bits per heavy atom. The average Bonchev–Trinajstić information content (AvgIpc) is 3.01. The van der Waals surface area contributed by atoms with Gasteiger partial charge in [0.2, 0.25) is 0 Å². The second kappa shape index (κ2) is 6.93. The second-order valence-electron chi connectivity index (χ2n) is 5.70. The van der Waals surface area contributed by atoms with E-state index in [0.29, 0.717) is 17.3 Å². The van der Waals surface area contributed by atoms with Crippen LogP contribution in [0, 0.1) is 6.92 Å². The summed E-state index contributed by atoms with van der Waals surface area (Å²) in [6.07, 6.45) is 2.64. The summed E-state index contributed by atoms with van der Waals surface area (Å²) in [4.78, 5) is 16.7. The number of hydrogen-bond donors (Lipinski definition) is 1. The van der Waals surface area contributed by atoms with E-state index in [-0.39, 0.29) is 15.5 Å². The maximum atomic E-state index is 12.4. The summed E-state index contributed by atoms with van der Waals surface area (Å²) in [5, 5.41) is 2.79. The molecule has 134 valence electrons. The predicted octanol–water partition coefficient (Wildman–Crippen LogP) is 3.96. The van der Waals surface area contributed by atoms with Crippen LogP contribution in [0.3, 0.4) is 0 Å². The van der Waals surface area contributed by atoms with Crippen LogP contribution in [0.4, 0.5) is 5.69 Å². The number of carbonyl (C=O) groups is 1. The van der Waals surface area contributed by atoms with E-state index in [1.165, 1.54) is 18.2 Å². The molecule has 0 aliphatic heterocycles. The first-order valence-corrected chi connectivity index (χ1v) is 9.84. The molecule has 0 saturated heterocycles. The lowest BCUT2D eigenvalue weighted by molar-refractivity contribution is 0.102. The van der Waals surface area contributed by atoms with Crippen molar-refractivity contribution in [1.82, 2.24) is 4.98 Å². The van der Waals surface area contributed by atoms with Gasteiger partial charge in [-0.3, -0.25) is 4.79 Å². The summed E-state index contributed by atoms with van der Waals surface area (Å²) in [6.45, 7) is 1.76. The standard InChI is InChI=1S/C18H15ClN2O4S/c1-11-20-17(10-25-11)12-3-5-13(6-4-12)21-18(22)15-8-7-14(9-16(15)19)26(2,23)24/h3-10H,1-2H3,(H,21,22). The van der Waals surface area contributed by atoms with Crippen LogP contribution in [-0.4, -0.2) is 25.6 Å². The molecule has 0 aliphatic rings. The predicted molar refractivity (Wildman–Crippen MR) is 99.2 cm³/mol. The van der Waals surface area contributed by atoms with Crippen molar-refractivity contribution < 1.29 is 17.6 Å². The molecule has 8 heteroatoms. The number of benzene rings is 2. The second-order valence-corrected chi connectivity index (χ2v) is 8.12. The van der Waals surface area contributed by atoms with Gasteiger partial charge < -0.3 is 9.73 Å². The number of hydrogen-bond acceptors (Lipinski definition) is 5. The number of aromatic nitrogens is 1. The van der Waals surface area contributed by atoms with Crippen molar-refractivity contribution in [2.45, 2.75) is 11.8 Å². The summed E-state index contributed by atoms with van der Waals surface area (Å²) in [5.74, 6) is 0.143. The smallest absolute Gasteiger partial charge is 0.257 e. The van der Waals surface area contributed by atoms with Crippen LogP contribution in [-0.2, 0) is 9.84 Å². The molecule has 0 fully saturated rings. The number of anilines is 1. The zero-order valence-corrected chi connectivity index (χ0v) is 15.6. The SMILES string of the molecule is Cc1nc(-c2ccc(NC(=O)c3ccc(S(C)(=O)=O)cc3Cl)cc2)co1. The largest absolute Gasteiger partial charge is 0.449 e. The van der Waals surface area contributed by atoms with Crippen LogP contribution in [0.25, 0.3) is 11.3 Å². The van der Waals surface area contributed by atoms with Gasteiger partial charge in [0.1, 0.15) is 12.0 Å². The van der Waals surface area contributed by atoms with Gasteiger partial charge in [-0.2, -0.15) is 0 Å². The minimum absolute atomic E-state index is 0.0614. The van der Waals surface area contributed by atoms with Crippen molar-refractivity contribution in [3.05, 3.63) is 65.2 Å². The molecule has 6 nitrogen and oxygen atoms in total. The molecule has 1 heterocycles. The van der Waals surface area contributed by atoms with Gasteiger partial charge in [0, 0.05) is 24.4 Å². The van der Waals surface area contributed by atoms with E-state index in [4.69, 9.17) is 16.0 Å². The maximum absolute atomic E-state index is 12.4. The Bertz CT molecular complexity index is 1070. The van der Waals surface area contributed by atoms with Crippen molar-refractivity contribution in [1.29, 1.82) is 0 Å². The van der Waals surface area contributed by atoms with Gasteiger partial charge in [-0.15, -0.1) is 0 Å². The Morgan fingerprint density at radius 1 is 1.15 bits per heavy atom. The fourth-order valence-electron chi connectivity index (χ4n) is 2.33. The van der Waals surface area contributed by atoms with E-state index in [1.807, 2.05) is 0 Å². The number of nitrogens with zero attached hydrogens (tertiary/aromatic N) is 1. The highest BCUT2D eigenvalue weighted by Gasteiger charge is 2.15. The highest BCUT2D eigenvalue weighted by Crippen LogP contribution is 2.24. The lowest BCUT2D eigenvalue weighted by Gasteiger charge is -2.08. The van der Waals surface area contributed by atoms with Crippen LogP contribution < -0.4 is 5.32 Å². The molecule has 1 amide bonds. The van der Waals surface area contributed by atoms with Gasteiger partial charge in [0.05, 0.1) is 15.5 Å². The van der Waals surface area contributed by atoms with Gasteiger partial charge >= 0.3 is 0 Å². The number of carbonyl (C=O) groups excluding carboxylic acids is 1. The molecule has 0 saturated carbocycles. The summed E-state index contributed by atoms with van der Waals surface area (Å²) in [6, 6.07) is 11.1. The van der Waals surface area contributed by atoms with Crippen molar-refractivity contribution in [2.75, 3.05) is 11.6 Å². The molecule has 0 spiro atoms. The van der Waals surface area contributed by atoms with Crippen molar-refractivity contribution in [3.8, 4) is 11.3 Å². The number of sulfone groups is 1. The molecular weight excluding hydrogens is 376 g/mol. The Labute approximate surface area is 155 Å². The molecule has 1 N–H and O–H groups in total. The molecule has 26 heavy (non-hydrogen) atoms. The number of halogens is 1.